The van der Waals surface area contributed by atoms with Gasteiger partial charge in [0.2, 0.25) is 0 Å². The summed E-state index contributed by atoms with van der Waals surface area (Å²) in [5.74, 6) is 3.84. The smallest absolute Gasteiger partial charge is 0.0844 e. The van der Waals surface area contributed by atoms with Crippen LogP contribution in [0.5, 0.6) is 0 Å². The molecule has 3 saturated carbocycles. The highest BCUT2D eigenvalue weighted by Crippen LogP contribution is 2.45. The zero-order valence-electron chi connectivity index (χ0n) is 43.4. The maximum absolute atomic E-state index is 5.81. The van der Waals surface area contributed by atoms with Crippen molar-refractivity contribution < 1.29 is 18.9 Å². The number of hydrogen-bond acceptors (Lipinski definition) is 4. The number of epoxide rings is 3. The zero-order chi connectivity index (χ0) is 44.6. The third-order valence-corrected chi connectivity index (χ3v) is 19.2. The van der Waals surface area contributed by atoms with Crippen LogP contribution >= 0.6 is 0 Å². The lowest BCUT2D eigenvalue weighted by Crippen LogP contribution is -2.22. The summed E-state index contributed by atoms with van der Waals surface area (Å²) in [6, 6.07) is 0. The average Bonchev–Trinajstić information content (AvgIpc) is 4.22. The Morgan fingerprint density at radius 2 is 0.569 bits per heavy atom. The molecule has 378 valence electrons. The van der Waals surface area contributed by atoms with Crippen LogP contribution in [0.4, 0.5) is 0 Å². The van der Waals surface area contributed by atoms with Crippen molar-refractivity contribution >= 4 is 0 Å². The van der Waals surface area contributed by atoms with Gasteiger partial charge in [-0.15, -0.1) is 0 Å². The molecule has 7 aliphatic rings. The fourth-order valence-corrected chi connectivity index (χ4v) is 14.6. The molecule has 0 radical (unpaired) electrons. The van der Waals surface area contributed by atoms with Crippen LogP contribution in [-0.2, 0) is 18.9 Å². The van der Waals surface area contributed by atoms with Crippen molar-refractivity contribution in [3.63, 3.8) is 0 Å². The van der Waals surface area contributed by atoms with Crippen molar-refractivity contribution in [1.82, 2.24) is 0 Å². The molecule has 4 aliphatic heterocycles. The quantitative estimate of drug-likeness (QED) is 0.0454. The molecule has 4 heterocycles. The van der Waals surface area contributed by atoms with Crippen LogP contribution in [0.15, 0.2) is 0 Å². The lowest BCUT2D eigenvalue weighted by atomic mass is 9.70. The first-order valence-corrected chi connectivity index (χ1v) is 30.7. The predicted octanol–water partition coefficient (Wildman–Crippen LogP) is 18.5. The summed E-state index contributed by atoms with van der Waals surface area (Å²) >= 11 is 0. The molecule has 0 N–H and O–H groups in total. The molecule has 7 rings (SSSR count). The Kier molecular flexibility index (Phi) is 24.7. The molecular weight excluding hydrogens is 797 g/mol. The van der Waals surface area contributed by atoms with Crippen LogP contribution in [0.25, 0.3) is 0 Å². The van der Waals surface area contributed by atoms with Crippen LogP contribution < -0.4 is 0 Å². The minimum atomic E-state index is 0.494. The van der Waals surface area contributed by atoms with Crippen LogP contribution in [0, 0.1) is 29.1 Å². The SMILES string of the molecule is CC1CC(CCCCCCCCCC(CCCCCCCCCC2CCC3OC3C2)(CCCCCCCCCC2CCC3OC3C2)CCCCCCCCCC2CCC3OC3C2)CCO1. The molecule has 65 heavy (non-hydrogen) atoms. The maximum Gasteiger partial charge on any atom is 0.0844 e. The molecule has 3 aliphatic carbocycles. The van der Waals surface area contributed by atoms with Crippen LogP contribution in [0.2, 0.25) is 0 Å². The van der Waals surface area contributed by atoms with Gasteiger partial charge in [-0.25, -0.2) is 0 Å². The normalized spacial score (nSPS) is 32.4. The fraction of sp³-hybridized carbons (Fsp3) is 1.00. The van der Waals surface area contributed by atoms with E-state index in [-0.39, 0.29) is 0 Å². The summed E-state index contributed by atoms with van der Waals surface area (Å²) in [5.41, 5.74) is 0.625. The van der Waals surface area contributed by atoms with E-state index in [2.05, 4.69) is 6.92 Å². The molecule has 0 spiro atoms. The van der Waals surface area contributed by atoms with E-state index in [0.717, 1.165) is 30.3 Å². The second kappa shape index (κ2) is 30.5. The summed E-state index contributed by atoms with van der Waals surface area (Å²) in [7, 11) is 0. The molecule has 11 atom stereocenters. The van der Waals surface area contributed by atoms with Gasteiger partial charge in [-0.1, -0.05) is 205 Å². The van der Waals surface area contributed by atoms with E-state index >= 15 is 0 Å². The maximum atomic E-state index is 5.81. The first-order valence-electron chi connectivity index (χ1n) is 30.7. The number of ether oxygens (including phenoxy) is 4. The third kappa shape index (κ3) is 21.4. The molecule has 11 unspecified atom stereocenters. The van der Waals surface area contributed by atoms with E-state index in [4.69, 9.17) is 18.9 Å². The van der Waals surface area contributed by atoms with Crippen LogP contribution in [0.1, 0.15) is 309 Å². The largest absolute Gasteiger partial charge is 0.378 e. The monoisotopic (exact) mass is 907 g/mol. The highest BCUT2D eigenvalue weighted by molar-refractivity contribution is 4.93. The van der Waals surface area contributed by atoms with E-state index in [1.165, 1.54) is 302 Å². The van der Waals surface area contributed by atoms with Crippen molar-refractivity contribution in [2.75, 3.05) is 6.61 Å². The van der Waals surface area contributed by atoms with Crippen LogP contribution in [-0.4, -0.2) is 49.3 Å². The van der Waals surface area contributed by atoms with Crippen molar-refractivity contribution in [2.24, 2.45) is 29.1 Å². The number of hydrogen-bond donors (Lipinski definition) is 0. The lowest BCUT2D eigenvalue weighted by Gasteiger charge is -2.35. The molecule has 0 aromatic carbocycles. The van der Waals surface area contributed by atoms with Gasteiger partial charge in [0.1, 0.15) is 0 Å². The van der Waals surface area contributed by atoms with E-state index in [0.29, 0.717) is 48.1 Å². The van der Waals surface area contributed by atoms with Gasteiger partial charge in [0.25, 0.3) is 0 Å². The number of rotatable bonds is 40. The van der Waals surface area contributed by atoms with Gasteiger partial charge in [-0.2, -0.15) is 0 Å². The van der Waals surface area contributed by atoms with Crippen molar-refractivity contribution in [3.8, 4) is 0 Å². The average molecular weight is 908 g/mol. The van der Waals surface area contributed by atoms with Crippen molar-refractivity contribution in [3.05, 3.63) is 0 Å². The Hall–Kier alpha value is -0.160. The second-order valence-electron chi connectivity index (χ2n) is 24.8. The summed E-state index contributed by atoms with van der Waals surface area (Å²) < 4.78 is 23.2. The summed E-state index contributed by atoms with van der Waals surface area (Å²) in [5, 5.41) is 0. The summed E-state index contributed by atoms with van der Waals surface area (Å²) in [6.45, 7) is 3.28. The first kappa shape index (κ1) is 52.7. The Morgan fingerprint density at radius 3 is 0.862 bits per heavy atom. The van der Waals surface area contributed by atoms with Gasteiger partial charge in [0, 0.05) is 6.61 Å². The van der Waals surface area contributed by atoms with Gasteiger partial charge >= 0.3 is 0 Å². The highest BCUT2D eigenvalue weighted by Gasteiger charge is 2.45. The Balaban J connectivity index is 0.790. The Morgan fingerprint density at radius 1 is 0.292 bits per heavy atom. The number of fused-ring (bicyclic) bond motifs is 3. The van der Waals surface area contributed by atoms with E-state index in [1.54, 1.807) is 0 Å². The standard InChI is InChI=1S/C61H110O4/c1-50-46-54(40-45-62-50)33-25-17-9-5-13-21-29-44-61(41-26-18-10-2-6-14-22-30-51-34-37-55-58(47-51)63-55,42-27-19-11-3-7-15-23-31-52-35-38-56-59(48-52)64-56)43-28-20-12-4-8-16-24-32-53-36-39-57-60(49-53)65-57/h50-60H,2-49H2,1H3. The van der Waals surface area contributed by atoms with Crippen molar-refractivity contribution in [1.29, 1.82) is 0 Å². The first-order chi connectivity index (χ1) is 32.1. The van der Waals surface area contributed by atoms with E-state index in [1.807, 2.05) is 0 Å². The minimum absolute atomic E-state index is 0.494. The Bertz CT molecular complexity index is 1050. The molecule has 0 amide bonds. The molecular formula is C61H110O4. The molecule has 4 heteroatoms. The van der Waals surface area contributed by atoms with Gasteiger partial charge in [-0.05, 0) is 132 Å². The lowest BCUT2D eigenvalue weighted by molar-refractivity contribution is 0.000361. The van der Waals surface area contributed by atoms with E-state index in [9.17, 15) is 0 Å². The zero-order valence-corrected chi connectivity index (χ0v) is 43.4. The van der Waals surface area contributed by atoms with Crippen molar-refractivity contribution in [2.45, 2.75) is 351 Å². The molecule has 0 aromatic heterocycles. The molecule has 4 nitrogen and oxygen atoms in total. The van der Waals surface area contributed by atoms with E-state index < -0.39 is 0 Å². The summed E-state index contributed by atoms with van der Waals surface area (Å²) in [6.07, 6.45) is 72.9. The van der Waals surface area contributed by atoms with Gasteiger partial charge < -0.3 is 18.9 Å². The van der Waals surface area contributed by atoms with Crippen LogP contribution in [0.3, 0.4) is 0 Å². The number of unbranched alkanes of at least 4 members (excludes halogenated alkanes) is 24. The molecule has 7 fully saturated rings. The molecule has 4 saturated heterocycles. The van der Waals surface area contributed by atoms with Gasteiger partial charge in [0.15, 0.2) is 0 Å². The summed E-state index contributed by atoms with van der Waals surface area (Å²) in [4.78, 5) is 0. The van der Waals surface area contributed by atoms with Gasteiger partial charge in [0.05, 0.1) is 42.7 Å². The highest BCUT2D eigenvalue weighted by atomic mass is 16.6. The second-order valence-corrected chi connectivity index (χ2v) is 24.8. The molecule has 0 bridgehead atoms. The third-order valence-electron chi connectivity index (χ3n) is 19.2. The fourth-order valence-electron chi connectivity index (χ4n) is 14.6. The molecule has 0 aromatic rings. The van der Waals surface area contributed by atoms with Gasteiger partial charge in [-0.3, -0.25) is 0 Å². The predicted molar refractivity (Wildman–Crippen MR) is 275 cm³/mol. The topological polar surface area (TPSA) is 46.8 Å². The minimum Gasteiger partial charge on any atom is -0.378 e. The Labute approximate surface area is 404 Å².